The zero-order valence-corrected chi connectivity index (χ0v) is 9.16. The maximum Gasteiger partial charge on any atom is 0.336 e. The van der Waals surface area contributed by atoms with E-state index < -0.39 is 36.4 Å². The fourth-order valence-corrected chi connectivity index (χ4v) is 0.714. The Kier molecular flexibility index (Phi) is 6.29. The third-order valence-corrected chi connectivity index (χ3v) is 1.29. The molecule has 0 aliphatic carbocycles. The Morgan fingerprint density at radius 1 is 0.929 bits per heavy atom. The number of aliphatic carboxylic acids is 3. The average molecular weight is 384 g/mol. The second-order valence-electron chi connectivity index (χ2n) is 2.48. The summed E-state index contributed by atoms with van der Waals surface area (Å²) in [6, 6.07) is 0. The Morgan fingerprint density at radius 2 is 1.21 bits per heavy atom. The van der Waals surface area contributed by atoms with Crippen LogP contribution in [0.5, 0.6) is 0 Å². The van der Waals surface area contributed by atoms with Gasteiger partial charge in [0.25, 0.3) is 0 Å². The van der Waals surface area contributed by atoms with Crippen LogP contribution in [0, 0.1) is 0 Å². The predicted molar refractivity (Wildman–Crippen MR) is 37.1 cm³/mol. The molecular weight excluding hydrogens is 376 g/mol. The zero-order valence-electron chi connectivity index (χ0n) is 6.76. The van der Waals surface area contributed by atoms with E-state index in [1.54, 1.807) is 0 Å². The molecular formula is C6H8IrO7. The van der Waals surface area contributed by atoms with Crippen LogP contribution in [-0.4, -0.2) is 43.9 Å². The second-order valence-corrected chi connectivity index (χ2v) is 2.48. The smallest absolute Gasteiger partial charge is 0.336 e. The third kappa shape index (κ3) is 4.90. The first kappa shape index (κ1) is 15.5. The number of aliphatic hydroxyl groups is 1. The standard InChI is InChI=1S/C6H8O7.Ir/c7-3(8)1-6(13,5(11)12)2-4(9)10;/h13H,1-2H2,(H,7,8)(H,9,10)(H,11,12);. The van der Waals surface area contributed by atoms with Gasteiger partial charge in [0, 0.05) is 20.1 Å². The molecule has 0 rings (SSSR count). The molecule has 7 nitrogen and oxygen atoms in total. The van der Waals surface area contributed by atoms with Gasteiger partial charge in [-0.15, -0.1) is 0 Å². The molecule has 83 valence electrons. The van der Waals surface area contributed by atoms with Crippen LogP contribution in [0.2, 0.25) is 0 Å². The van der Waals surface area contributed by atoms with Crippen LogP contribution in [0.1, 0.15) is 12.8 Å². The summed E-state index contributed by atoms with van der Waals surface area (Å²) in [7, 11) is 0. The van der Waals surface area contributed by atoms with E-state index in [9.17, 15) is 14.4 Å². The van der Waals surface area contributed by atoms with Gasteiger partial charge in [0.05, 0.1) is 12.8 Å². The Morgan fingerprint density at radius 3 is 1.36 bits per heavy atom. The number of carbonyl (C=O) groups is 3. The first-order chi connectivity index (χ1) is 5.78. The van der Waals surface area contributed by atoms with Crippen molar-refractivity contribution in [3.63, 3.8) is 0 Å². The van der Waals surface area contributed by atoms with Crippen molar-refractivity contribution in [1.29, 1.82) is 0 Å². The second kappa shape index (κ2) is 5.69. The molecule has 0 saturated carbocycles. The maximum atomic E-state index is 10.3. The average Bonchev–Trinajstić information content (AvgIpc) is 1.82. The van der Waals surface area contributed by atoms with Gasteiger partial charge in [0.15, 0.2) is 5.60 Å². The minimum Gasteiger partial charge on any atom is -0.481 e. The summed E-state index contributed by atoms with van der Waals surface area (Å²) in [4.78, 5) is 30.5. The van der Waals surface area contributed by atoms with E-state index in [0.717, 1.165) is 0 Å². The molecule has 0 aliphatic rings. The molecule has 1 radical (unpaired) electrons. The van der Waals surface area contributed by atoms with Crippen molar-refractivity contribution in [2.45, 2.75) is 18.4 Å². The van der Waals surface area contributed by atoms with Crippen LogP contribution in [0.4, 0.5) is 0 Å². The van der Waals surface area contributed by atoms with E-state index in [4.69, 9.17) is 20.4 Å². The summed E-state index contributed by atoms with van der Waals surface area (Å²) in [5.41, 5.74) is -2.74. The fraction of sp³-hybridized carbons (Fsp3) is 0.500. The molecule has 0 aromatic carbocycles. The molecule has 0 spiro atoms. The van der Waals surface area contributed by atoms with Crippen LogP contribution < -0.4 is 0 Å². The zero-order chi connectivity index (χ0) is 10.6. The van der Waals surface area contributed by atoms with Crippen LogP contribution in [-0.2, 0) is 34.5 Å². The van der Waals surface area contributed by atoms with Gasteiger partial charge in [-0.25, -0.2) is 4.79 Å². The number of hydrogen-bond donors (Lipinski definition) is 4. The van der Waals surface area contributed by atoms with Gasteiger partial charge in [0.1, 0.15) is 0 Å². The third-order valence-electron chi connectivity index (χ3n) is 1.29. The largest absolute Gasteiger partial charge is 0.481 e. The molecule has 0 unspecified atom stereocenters. The Hall–Kier alpha value is -0.981. The monoisotopic (exact) mass is 385 g/mol. The molecule has 0 saturated heterocycles. The van der Waals surface area contributed by atoms with Gasteiger partial charge >= 0.3 is 17.9 Å². The Labute approximate surface area is 91.7 Å². The molecule has 0 bridgehead atoms. The van der Waals surface area contributed by atoms with Gasteiger partial charge in [-0.3, -0.25) is 9.59 Å². The van der Waals surface area contributed by atoms with Gasteiger partial charge < -0.3 is 20.4 Å². The van der Waals surface area contributed by atoms with Gasteiger partial charge in [-0.1, -0.05) is 0 Å². The minimum absolute atomic E-state index is 0. The van der Waals surface area contributed by atoms with Crippen molar-refractivity contribution in [3.8, 4) is 0 Å². The quantitative estimate of drug-likeness (QED) is 0.466. The van der Waals surface area contributed by atoms with Crippen LogP contribution in [0.25, 0.3) is 0 Å². The van der Waals surface area contributed by atoms with E-state index in [0.29, 0.717) is 0 Å². The number of rotatable bonds is 5. The summed E-state index contributed by atoms with van der Waals surface area (Å²) in [6.45, 7) is 0. The molecule has 8 heteroatoms. The van der Waals surface area contributed by atoms with Crippen LogP contribution in [0.3, 0.4) is 0 Å². The van der Waals surface area contributed by atoms with Crippen molar-refractivity contribution in [3.05, 3.63) is 0 Å². The van der Waals surface area contributed by atoms with Gasteiger partial charge in [-0.05, 0) is 0 Å². The summed E-state index contributed by atoms with van der Waals surface area (Å²) < 4.78 is 0. The summed E-state index contributed by atoms with van der Waals surface area (Å²) in [5.74, 6) is -5.02. The molecule has 14 heavy (non-hydrogen) atoms. The van der Waals surface area contributed by atoms with Crippen molar-refractivity contribution < 1.29 is 54.9 Å². The van der Waals surface area contributed by atoms with E-state index in [1.807, 2.05) is 0 Å². The molecule has 0 aromatic rings. The summed E-state index contributed by atoms with van der Waals surface area (Å²) in [5, 5.41) is 33.8. The van der Waals surface area contributed by atoms with Crippen molar-refractivity contribution in [2.24, 2.45) is 0 Å². The normalized spacial score (nSPS) is 10.1. The van der Waals surface area contributed by atoms with Crippen LogP contribution >= 0.6 is 0 Å². The number of hydrogen-bond acceptors (Lipinski definition) is 4. The minimum atomic E-state index is -2.74. The van der Waals surface area contributed by atoms with Gasteiger partial charge in [0.2, 0.25) is 0 Å². The fourth-order valence-electron chi connectivity index (χ4n) is 0.714. The van der Waals surface area contributed by atoms with Crippen LogP contribution in [0.15, 0.2) is 0 Å². The molecule has 0 amide bonds. The first-order valence-corrected chi connectivity index (χ1v) is 3.17. The topological polar surface area (TPSA) is 132 Å². The molecule has 0 aromatic heterocycles. The molecule has 0 aliphatic heterocycles. The Bertz CT molecular complexity index is 233. The maximum absolute atomic E-state index is 10.3. The van der Waals surface area contributed by atoms with Crippen molar-refractivity contribution in [2.75, 3.05) is 0 Å². The van der Waals surface area contributed by atoms with Crippen molar-refractivity contribution >= 4 is 17.9 Å². The van der Waals surface area contributed by atoms with Crippen molar-refractivity contribution in [1.82, 2.24) is 0 Å². The molecule has 4 N–H and O–H groups in total. The number of carboxylic acid groups (broad SMARTS) is 3. The van der Waals surface area contributed by atoms with E-state index in [1.165, 1.54) is 0 Å². The predicted octanol–water partition coefficient (Wildman–Crippen LogP) is -1.25. The molecule has 0 atom stereocenters. The SMILES string of the molecule is O=C(O)CC(O)(CC(=O)O)C(=O)O.[Ir]. The van der Waals surface area contributed by atoms with E-state index in [-0.39, 0.29) is 20.1 Å². The molecule has 0 heterocycles. The van der Waals surface area contributed by atoms with E-state index in [2.05, 4.69) is 0 Å². The molecule has 0 fully saturated rings. The Balaban J connectivity index is 0. The summed E-state index contributed by atoms with van der Waals surface area (Å²) in [6.07, 6.45) is -2.29. The first-order valence-electron chi connectivity index (χ1n) is 3.17. The number of carboxylic acids is 3. The summed E-state index contributed by atoms with van der Waals surface area (Å²) >= 11 is 0. The van der Waals surface area contributed by atoms with E-state index >= 15 is 0 Å². The van der Waals surface area contributed by atoms with Gasteiger partial charge in [-0.2, -0.15) is 0 Å².